The minimum absolute atomic E-state index is 0.0226. The molecule has 1 aromatic rings. The lowest BCUT2D eigenvalue weighted by Gasteiger charge is -2.23. The average Bonchev–Trinajstić information content (AvgIpc) is 2.40. The van der Waals surface area contributed by atoms with E-state index in [1.54, 1.807) is 6.20 Å². The smallest absolute Gasteiger partial charge is 0.224 e. The van der Waals surface area contributed by atoms with Gasteiger partial charge in [-0.1, -0.05) is 6.07 Å². The van der Waals surface area contributed by atoms with Crippen LogP contribution in [0.15, 0.2) is 24.4 Å². The molecule has 2 N–H and O–H groups in total. The van der Waals surface area contributed by atoms with Gasteiger partial charge < -0.3 is 10.6 Å². The van der Waals surface area contributed by atoms with Crippen molar-refractivity contribution in [3.63, 3.8) is 0 Å². The number of piperidine rings is 1. The Morgan fingerprint density at radius 3 is 3.12 bits per heavy atom. The molecule has 17 heavy (non-hydrogen) atoms. The number of aromatic nitrogens is 1. The second-order valence-electron chi connectivity index (χ2n) is 4.53. The monoisotopic (exact) mass is 233 g/mol. The molecule has 0 aliphatic carbocycles. The van der Waals surface area contributed by atoms with Crippen molar-refractivity contribution in [1.82, 2.24) is 15.6 Å². The second kappa shape index (κ2) is 5.77. The van der Waals surface area contributed by atoms with Crippen LogP contribution < -0.4 is 10.6 Å². The molecule has 0 aromatic carbocycles. The lowest BCUT2D eigenvalue weighted by atomic mass is 9.98. The van der Waals surface area contributed by atoms with Crippen molar-refractivity contribution < 1.29 is 4.79 Å². The second-order valence-corrected chi connectivity index (χ2v) is 4.53. The summed E-state index contributed by atoms with van der Waals surface area (Å²) in [5, 5.41) is 6.28. The van der Waals surface area contributed by atoms with Crippen LogP contribution in [0.5, 0.6) is 0 Å². The van der Waals surface area contributed by atoms with Crippen molar-refractivity contribution in [2.45, 2.75) is 25.8 Å². The van der Waals surface area contributed by atoms with E-state index in [2.05, 4.69) is 15.6 Å². The maximum atomic E-state index is 12.0. The van der Waals surface area contributed by atoms with E-state index >= 15 is 0 Å². The van der Waals surface area contributed by atoms with Crippen molar-refractivity contribution in [3.05, 3.63) is 30.1 Å². The van der Waals surface area contributed by atoms with Gasteiger partial charge in [-0.25, -0.2) is 0 Å². The standard InChI is InChI=1S/C13H19N3O/c1-10(12-6-2-3-8-15-12)16-13(17)11-5-4-7-14-9-11/h2-3,6,8,10-11,14H,4-5,7,9H2,1H3,(H,16,17)/t10-,11?/m1/s1. The Labute approximate surface area is 102 Å². The predicted molar refractivity (Wildman–Crippen MR) is 66.4 cm³/mol. The van der Waals surface area contributed by atoms with Crippen LogP contribution >= 0.6 is 0 Å². The SMILES string of the molecule is C[C@@H](NC(=O)C1CCCNC1)c1ccccn1. The number of rotatable bonds is 3. The Kier molecular flexibility index (Phi) is 4.09. The highest BCUT2D eigenvalue weighted by Crippen LogP contribution is 2.13. The third-order valence-corrected chi connectivity index (χ3v) is 3.16. The van der Waals surface area contributed by atoms with Crippen LogP contribution in [0.1, 0.15) is 31.5 Å². The van der Waals surface area contributed by atoms with E-state index in [1.165, 1.54) is 0 Å². The minimum Gasteiger partial charge on any atom is -0.348 e. The highest BCUT2D eigenvalue weighted by atomic mass is 16.2. The van der Waals surface area contributed by atoms with Crippen molar-refractivity contribution in [2.24, 2.45) is 5.92 Å². The molecule has 0 radical (unpaired) electrons. The van der Waals surface area contributed by atoms with Crippen LogP contribution in [0.4, 0.5) is 0 Å². The quantitative estimate of drug-likeness (QED) is 0.826. The molecule has 1 aliphatic rings. The highest BCUT2D eigenvalue weighted by Gasteiger charge is 2.22. The van der Waals surface area contributed by atoms with Crippen molar-refractivity contribution >= 4 is 5.91 Å². The molecule has 4 nitrogen and oxygen atoms in total. The van der Waals surface area contributed by atoms with Gasteiger partial charge in [-0.05, 0) is 38.4 Å². The fraction of sp³-hybridized carbons (Fsp3) is 0.538. The maximum Gasteiger partial charge on any atom is 0.224 e. The molecule has 1 aliphatic heterocycles. The van der Waals surface area contributed by atoms with Crippen molar-refractivity contribution in [3.8, 4) is 0 Å². The van der Waals surface area contributed by atoms with Gasteiger partial charge in [-0.3, -0.25) is 9.78 Å². The lowest BCUT2D eigenvalue weighted by Crippen LogP contribution is -2.41. The van der Waals surface area contributed by atoms with Crippen LogP contribution in [-0.4, -0.2) is 24.0 Å². The van der Waals surface area contributed by atoms with Gasteiger partial charge in [0.15, 0.2) is 0 Å². The summed E-state index contributed by atoms with van der Waals surface area (Å²) in [4.78, 5) is 16.2. The summed E-state index contributed by atoms with van der Waals surface area (Å²) in [5.74, 6) is 0.241. The Morgan fingerprint density at radius 1 is 1.59 bits per heavy atom. The first-order valence-electron chi connectivity index (χ1n) is 6.19. The molecule has 2 atom stereocenters. The number of carbonyl (C=O) groups is 1. The van der Waals surface area contributed by atoms with Crippen LogP contribution in [0.2, 0.25) is 0 Å². The van der Waals surface area contributed by atoms with E-state index in [4.69, 9.17) is 0 Å². The van der Waals surface area contributed by atoms with E-state index in [0.717, 1.165) is 31.6 Å². The molecule has 1 saturated heterocycles. The number of amides is 1. The number of nitrogens with one attached hydrogen (secondary N) is 2. The van der Waals surface area contributed by atoms with Gasteiger partial charge in [0.25, 0.3) is 0 Å². The summed E-state index contributed by atoms with van der Waals surface area (Å²) >= 11 is 0. The zero-order valence-electron chi connectivity index (χ0n) is 10.1. The van der Waals surface area contributed by atoms with Crippen molar-refractivity contribution in [2.75, 3.05) is 13.1 Å². The van der Waals surface area contributed by atoms with E-state index in [-0.39, 0.29) is 17.9 Å². The largest absolute Gasteiger partial charge is 0.348 e. The maximum absolute atomic E-state index is 12.0. The first-order valence-corrected chi connectivity index (χ1v) is 6.19. The minimum atomic E-state index is -0.0226. The van der Waals surface area contributed by atoms with E-state index in [9.17, 15) is 4.79 Å². The normalized spacial score (nSPS) is 21.8. The molecule has 1 unspecified atom stereocenters. The third-order valence-electron chi connectivity index (χ3n) is 3.16. The van der Waals surface area contributed by atoms with Gasteiger partial charge in [0.1, 0.15) is 0 Å². The molecule has 0 saturated carbocycles. The topological polar surface area (TPSA) is 54.0 Å². The predicted octanol–water partition coefficient (Wildman–Crippen LogP) is 1.26. The van der Waals surface area contributed by atoms with Crippen LogP contribution in [-0.2, 0) is 4.79 Å². The van der Waals surface area contributed by atoms with Crippen molar-refractivity contribution in [1.29, 1.82) is 0 Å². The molecule has 0 bridgehead atoms. The number of pyridine rings is 1. The summed E-state index contributed by atoms with van der Waals surface area (Å²) < 4.78 is 0. The highest BCUT2D eigenvalue weighted by molar-refractivity contribution is 5.79. The number of nitrogens with zero attached hydrogens (tertiary/aromatic N) is 1. The molecule has 2 heterocycles. The molecule has 1 fully saturated rings. The fourth-order valence-corrected chi connectivity index (χ4v) is 2.11. The number of hydrogen-bond acceptors (Lipinski definition) is 3. The summed E-state index contributed by atoms with van der Waals surface area (Å²) in [6, 6.07) is 5.73. The summed E-state index contributed by atoms with van der Waals surface area (Å²) in [6.07, 6.45) is 3.81. The van der Waals surface area contributed by atoms with Gasteiger partial charge in [0.05, 0.1) is 17.7 Å². The van der Waals surface area contributed by atoms with Crippen LogP contribution in [0.25, 0.3) is 0 Å². The lowest BCUT2D eigenvalue weighted by molar-refractivity contribution is -0.126. The van der Waals surface area contributed by atoms with E-state index < -0.39 is 0 Å². The first kappa shape index (κ1) is 12.0. The van der Waals surface area contributed by atoms with Gasteiger partial charge in [-0.2, -0.15) is 0 Å². The molecule has 0 spiro atoms. The summed E-state index contributed by atoms with van der Waals surface area (Å²) in [5.41, 5.74) is 0.907. The van der Waals surface area contributed by atoms with Crippen LogP contribution in [0, 0.1) is 5.92 Å². The molecule has 2 rings (SSSR count). The number of carbonyl (C=O) groups excluding carboxylic acids is 1. The van der Waals surface area contributed by atoms with Gasteiger partial charge in [0, 0.05) is 12.7 Å². The first-order chi connectivity index (χ1) is 8.27. The Balaban J connectivity index is 1.89. The molecular weight excluding hydrogens is 214 g/mol. The van der Waals surface area contributed by atoms with E-state index in [0.29, 0.717) is 0 Å². The molecule has 4 heteroatoms. The molecule has 1 amide bonds. The summed E-state index contributed by atoms with van der Waals surface area (Å²) in [6.45, 7) is 3.79. The zero-order valence-corrected chi connectivity index (χ0v) is 10.1. The average molecular weight is 233 g/mol. The number of hydrogen-bond donors (Lipinski definition) is 2. The third kappa shape index (κ3) is 3.27. The fourth-order valence-electron chi connectivity index (χ4n) is 2.11. The van der Waals surface area contributed by atoms with Gasteiger partial charge in [0.2, 0.25) is 5.91 Å². The van der Waals surface area contributed by atoms with Crippen LogP contribution in [0.3, 0.4) is 0 Å². The Bertz CT molecular complexity index is 360. The Morgan fingerprint density at radius 2 is 2.47 bits per heavy atom. The molecule has 1 aromatic heterocycles. The van der Waals surface area contributed by atoms with Gasteiger partial charge >= 0.3 is 0 Å². The van der Waals surface area contributed by atoms with E-state index in [1.807, 2.05) is 25.1 Å². The zero-order chi connectivity index (χ0) is 12.1. The van der Waals surface area contributed by atoms with Gasteiger partial charge in [-0.15, -0.1) is 0 Å². The molecule has 92 valence electrons. The molecular formula is C13H19N3O. The summed E-state index contributed by atoms with van der Waals surface area (Å²) in [7, 11) is 0. The Hall–Kier alpha value is -1.42.